The van der Waals surface area contributed by atoms with E-state index in [1.54, 1.807) is 4.68 Å². The summed E-state index contributed by atoms with van der Waals surface area (Å²) in [4.78, 5) is 11.5. The molecular formula is C11H18N2O3. The van der Waals surface area contributed by atoms with Gasteiger partial charge in [0.25, 0.3) is 0 Å². The highest BCUT2D eigenvalue weighted by Crippen LogP contribution is 2.21. The van der Waals surface area contributed by atoms with E-state index in [1.165, 1.54) is 0 Å². The molecule has 0 radical (unpaired) electrons. The molecule has 90 valence electrons. The van der Waals surface area contributed by atoms with Crippen LogP contribution in [-0.4, -0.2) is 29.0 Å². The zero-order chi connectivity index (χ0) is 12.1. The molecule has 16 heavy (non-hydrogen) atoms. The molecule has 1 aromatic heterocycles. The molecule has 0 N–H and O–H groups in total. The van der Waals surface area contributed by atoms with Gasteiger partial charge in [-0.25, -0.2) is 0 Å². The van der Waals surface area contributed by atoms with Gasteiger partial charge in [-0.05, 0) is 20.8 Å². The van der Waals surface area contributed by atoms with Crippen molar-refractivity contribution in [3.8, 4) is 5.75 Å². The van der Waals surface area contributed by atoms with Crippen molar-refractivity contribution in [2.24, 2.45) is 7.05 Å². The van der Waals surface area contributed by atoms with Crippen LogP contribution in [0.1, 0.15) is 24.7 Å². The minimum absolute atomic E-state index is 0.265. The van der Waals surface area contributed by atoms with Gasteiger partial charge >= 0.3 is 5.97 Å². The first-order chi connectivity index (χ1) is 7.56. The van der Waals surface area contributed by atoms with Crippen LogP contribution in [0.25, 0.3) is 0 Å². The number of rotatable bonds is 5. The lowest BCUT2D eigenvalue weighted by Gasteiger charge is -2.04. The Balaban J connectivity index is 2.56. The predicted molar refractivity (Wildman–Crippen MR) is 59.4 cm³/mol. The molecule has 0 unspecified atom stereocenters. The predicted octanol–water partition coefficient (Wildman–Crippen LogP) is 1.37. The van der Waals surface area contributed by atoms with Crippen molar-refractivity contribution in [1.82, 2.24) is 9.78 Å². The number of carbonyl (C=O) groups is 1. The average molecular weight is 226 g/mol. The summed E-state index contributed by atoms with van der Waals surface area (Å²) in [7, 11) is 1.82. The van der Waals surface area contributed by atoms with Gasteiger partial charge in [-0.1, -0.05) is 0 Å². The molecule has 1 aromatic rings. The smallest absolute Gasteiger partial charge is 0.313 e. The van der Waals surface area contributed by atoms with Crippen LogP contribution in [0.3, 0.4) is 0 Å². The Morgan fingerprint density at radius 3 is 2.62 bits per heavy atom. The van der Waals surface area contributed by atoms with Crippen LogP contribution in [0.5, 0.6) is 5.75 Å². The Bertz CT molecular complexity index is 372. The molecule has 0 amide bonds. The second-order valence-electron chi connectivity index (χ2n) is 3.54. The topological polar surface area (TPSA) is 53.4 Å². The van der Waals surface area contributed by atoms with Crippen molar-refractivity contribution in [3.63, 3.8) is 0 Å². The molecular weight excluding hydrogens is 208 g/mol. The SMILES string of the molecule is CCOCCC(=O)Oc1c(C)nn(C)c1C. The van der Waals surface area contributed by atoms with Crippen LogP contribution >= 0.6 is 0 Å². The van der Waals surface area contributed by atoms with Crippen LogP contribution in [-0.2, 0) is 16.6 Å². The maximum Gasteiger partial charge on any atom is 0.313 e. The molecule has 0 aliphatic carbocycles. The second-order valence-corrected chi connectivity index (χ2v) is 3.54. The van der Waals surface area contributed by atoms with E-state index in [0.717, 1.165) is 11.4 Å². The van der Waals surface area contributed by atoms with Crippen LogP contribution in [0.4, 0.5) is 0 Å². The summed E-state index contributed by atoms with van der Waals surface area (Å²) in [5.41, 5.74) is 1.58. The lowest BCUT2D eigenvalue weighted by Crippen LogP contribution is -2.12. The fourth-order valence-electron chi connectivity index (χ4n) is 1.37. The molecule has 5 nitrogen and oxygen atoms in total. The average Bonchev–Trinajstić information content (AvgIpc) is 2.46. The third kappa shape index (κ3) is 3.06. The Kier molecular flexibility index (Phi) is 4.49. The minimum Gasteiger partial charge on any atom is -0.423 e. The van der Waals surface area contributed by atoms with E-state index in [4.69, 9.17) is 9.47 Å². The first kappa shape index (κ1) is 12.7. The van der Waals surface area contributed by atoms with E-state index in [2.05, 4.69) is 5.10 Å². The minimum atomic E-state index is -0.285. The number of aryl methyl sites for hydroxylation is 2. The summed E-state index contributed by atoms with van der Waals surface area (Å²) < 4.78 is 12.0. The zero-order valence-corrected chi connectivity index (χ0v) is 10.2. The van der Waals surface area contributed by atoms with Gasteiger partial charge in [-0.15, -0.1) is 0 Å². The molecule has 0 atom stereocenters. The van der Waals surface area contributed by atoms with Gasteiger partial charge in [0.2, 0.25) is 0 Å². The van der Waals surface area contributed by atoms with Gasteiger partial charge in [0.05, 0.1) is 18.7 Å². The van der Waals surface area contributed by atoms with Gasteiger partial charge in [0, 0.05) is 13.7 Å². The highest BCUT2D eigenvalue weighted by Gasteiger charge is 2.14. The van der Waals surface area contributed by atoms with Crippen molar-refractivity contribution >= 4 is 5.97 Å². The number of nitrogens with zero attached hydrogens (tertiary/aromatic N) is 2. The van der Waals surface area contributed by atoms with Crippen molar-refractivity contribution in [3.05, 3.63) is 11.4 Å². The summed E-state index contributed by atoms with van der Waals surface area (Å²) in [6.45, 7) is 6.58. The Hall–Kier alpha value is -1.36. The van der Waals surface area contributed by atoms with E-state index in [0.29, 0.717) is 19.0 Å². The molecule has 1 rings (SSSR count). The fraction of sp³-hybridized carbons (Fsp3) is 0.636. The fourth-order valence-corrected chi connectivity index (χ4v) is 1.37. The van der Waals surface area contributed by atoms with Crippen LogP contribution in [0, 0.1) is 13.8 Å². The molecule has 0 fully saturated rings. The molecule has 0 spiro atoms. The Morgan fingerprint density at radius 2 is 2.12 bits per heavy atom. The number of ether oxygens (including phenoxy) is 2. The summed E-state index contributed by atoms with van der Waals surface area (Å²) in [6, 6.07) is 0. The first-order valence-electron chi connectivity index (χ1n) is 5.34. The number of esters is 1. The van der Waals surface area contributed by atoms with Crippen LogP contribution in [0.2, 0.25) is 0 Å². The highest BCUT2D eigenvalue weighted by atomic mass is 16.5. The van der Waals surface area contributed by atoms with E-state index < -0.39 is 0 Å². The molecule has 5 heteroatoms. The number of hydrogen-bond donors (Lipinski definition) is 0. The van der Waals surface area contributed by atoms with Crippen molar-refractivity contribution in [2.75, 3.05) is 13.2 Å². The van der Waals surface area contributed by atoms with Gasteiger partial charge < -0.3 is 9.47 Å². The Morgan fingerprint density at radius 1 is 1.44 bits per heavy atom. The molecule has 0 aliphatic heterocycles. The van der Waals surface area contributed by atoms with Gasteiger partial charge in [-0.2, -0.15) is 5.10 Å². The standard InChI is InChI=1S/C11H18N2O3/c1-5-15-7-6-10(14)16-11-8(2)12-13(4)9(11)3/h5-7H2,1-4H3. The van der Waals surface area contributed by atoms with Crippen molar-refractivity contribution < 1.29 is 14.3 Å². The summed E-state index contributed by atoms with van der Waals surface area (Å²) >= 11 is 0. The zero-order valence-electron chi connectivity index (χ0n) is 10.2. The van der Waals surface area contributed by atoms with Crippen LogP contribution in [0.15, 0.2) is 0 Å². The number of hydrogen-bond acceptors (Lipinski definition) is 4. The first-order valence-corrected chi connectivity index (χ1v) is 5.34. The summed E-state index contributed by atoms with van der Waals surface area (Å²) in [5, 5.41) is 4.17. The normalized spacial score (nSPS) is 10.5. The molecule has 0 saturated heterocycles. The quantitative estimate of drug-likeness (QED) is 0.562. The largest absolute Gasteiger partial charge is 0.423 e. The van der Waals surface area contributed by atoms with Gasteiger partial charge in [0.15, 0.2) is 5.75 Å². The van der Waals surface area contributed by atoms with E-state index in [9.17, 15) is 4.79 Å². The third-order valence-corrected chi connectivity index (χ3v) is 2.31. The molecule has 0 aromatic carbocycles. The molecule has 0 saturated carbocycles. The van der Waals surface area contributed by atoms with Crippen molar-refractivity contribution in [2.45, 2.75) is 27.2 Å². The van der Waals surface area contributed by atoms with Gasteiger partial charge in [0.1, 0.15) is 5.69 Å². The van der Waals surface area contributed by atoms with Crippen molar-refractivity contribution in [1.29, 1.82) is 0 Å². The van der Waals surface area contributed by atoms with Crippen LogP contribution < -0.4 is 4.74 Å². The maximum atomic E-state index is 11.5. The second kappa shape index (κ2) is 5.65. The summed E-state index contributed by atoms with van der Waals surface area (Å²) in [6.07, 6.45) is 0.265. The van der Waals surface area contributed by atoms with E-state index in [-0.39, 0.29) is 12.4 Å². The lowest BCUT2D eigenvalue weighted by molar-refractivity contribution is -0.135. The highest BCUT2D eigenvalue weighted by molar-refractivity contribution is 5.73. The molecule has 0 aliphatic rings. The Labute approximate surface area is 95.3 Å². The molecule has 1 heterocycles. The van der Waals surface area contributed by atoms with E-state index in [1.807, 2.05) is 27.8 Å². The lowest BCUT2D eigenvalue weighted by atomic mass is 10.3. The monoisotopic (exact) mass is 226 g/mol. The number of aromatic nitrogens is 2. The van der Waals surface area contributed by atoms with Gasteiger partial charge in [-0.3, -0.25) is 9.48 Å². The molecule has 0 bridgehead atoms. The van der Waals surface area contributed by atoms with E-state index >= 15 is 0 Å². The summed E-state index contributed by atoms with van der Waals surface area (Å²) in [5.74, 6) is 0.275. The maximum absolute atomic E-state index is 11.5. The third-order valence-electron chi connectivity index (χ3n) is 2.31. The number of carbonyl (C=O) groups excluding carboxylic acids is 1.